The van der Waals surface area contributed by atoms with Gasteiger partial charge in [-0.25, -0.2) is 9.37 Å². The van der Waals surface area contributed by atoms with Crippen LogP contribution in [0.1, 0.15) is 30.5 Å². The third kappa shape index (κ3) is 4.65. The number of carbonyl (C=O) groups is 1. The molecule has 2 aromatic rings. The van der Waals surface area contributed by atoms with Crippen molar-refractivity contribution in [3.8, 4) is 0 Å². The summed E-state index contributed by atoms with van der Waals surface area (Å²) >= 11 is 0. The van der Waals surface area contributed by atoms with Gasteiger partial charge in [-0.2, -0.15) is 0 Å². The van der Waals surface area contributed by atoms with Crippen LogP contribution < -0.4 is 11.1 Å². The van der Waals surface area contributed by atoms with Crippen molar-refractivity contribution in [3.63, 3.8) is 0 Å². The van der Waals surface area contributed by atoms with Crippen molar-refractivity contribution in [1.29, 1.82) is 0 Å². The number of rotatable bonds is 7. The van der Waals surface area contributed by atoms with E-state index in [0.29, 0.717) is 24.3 Å². The zero-order chi connectivity index (χ0) is 20.4. The average Bonchev–Trinajstić information content (AvgIpc) is 3.16. The lowest BCUT2D eigenvalue weighted by atomic mass is 10.1. The number of nitrogen functional groups attached to an aromatic ring is 1. The van der Waals surface area contributed by atoms with Crippen LogP contribution in [0.25, 0.3) is 6.08 Å². The van der Waals surface area contributed by atoms with Crippen LogP contribution in [0.2, 0.25) is 0 Å². The van der Waals surface area contributed by atoms with Crippen molar-refractivity contribution in [2.75, 3.05) is 25.4 Å². The van der Waals surface area contributed by atoms with Gasteiger partial charge >= 0.3 is 0 Å². The molecule has 5 nitrogen and oxygen atoms in total. The maximum atomic E-state index is 13.1. The van der Waals surface area contributed by atoms with Gasteiger partial charge in [-0.05, 0) is 72.6 Å². The van der Waals surface area contributed by atoms with Crippen LogP contribution >= 0.6 is 0 Å². The molecule has 1 amide bonds. The molecule has 29 heavy (non-hydrogen) atoms. The fourth-order valence-electron chi connectivity index (χ4n) is 4.49. The molecule has 0 spiro atoms. The van der Waals surface area contributed by atoms with Crippen LogP contribution in [-0.4, -0.2) is 35.4 Å². The van der Waals surface area contributed by atoms with Gasteiger partial charge in [0.25, 0.3) is 0 Å². The Morgan fingerprint density at radius 3 is 2.66 bits per heavy atom. The fraction of sp³-hybridized carbons (Fsp3) is 0.391. The lowest BCUT2D eigenvalue weighted by molar-refractivity contribution is -0.116. The number of pyridine rings is 1. The van der Waals surface area contributed by atoms with E-state index in [-0.39, 0.29) is 11.7 Å². The SMILES string of the molecule is CC(c1ccc(F)cc1)N1CC2C(CCNC(=O)/C=C/c3ccc(N)nc3)C2C1. The predicted molar refractivity (Wildman–Crippen MR) is 112 cm³/mol. The van der Waals surface area contributed by atoms with Crippen molar-refractivity contribution in [1.82, 2.24) is 15.2 Å². The molecule has 3 unspecified atom stereocenters. The quantitative estimate of drug-likeness (QED) is 0.707. The third-order valence-electron chi connectivity index (χ3n) is 6.31. The van der Waals surface area contributed by atoms with Gasteiger partial charge in [0.15, 0.2) is 0 Å². The van der Waals surface area contributed by atoms with Crippen molar-refractivity contribution < 1.29 is 9.18 Å². The molecule has 1 aromatic carbocycles. The second-order valence-electron chi connectivity index (χ2n) is 8.10. The molecule has 1 aliphatic carbocycles. The van der Waals surface area contributed by atoms with Crippen LogP contribution in [0.3, 0.4) is 0 Å². The number of hydrogen-bond donors (Lipinski definition) is 2. The molecule has 1 aromatic heterocycles. The molecule has 152 valence electrons. The monoisotopic (exact) mass is 394 g/mol. The number of halogens is 1. The predicted octanol–water partition coefficient (Wildman–Crippen LogP) is 3.26. The summed E-state index contributed by atoms with van der Waals surface area (Å²) in [6.45, 7) is 5.07. The van der Waals surface area contributed by atoms with E-state index in [1.54, 1.807) is 18.3 Å². The number of benzene rings is 1. The van der Waals surface area contributed by atoms with Gasteiger partial charge in [0.2, 0.25) is 5.91 Å². The fourth-order valence-corrected chi connectivity index (χ4v) is 4.49. The number of anilines is 1. The molecular formula is C23H27FN4O. The first-order valence-corrected chi connectivity index (χ1v) is 10.2. The molecule has 6 heteroatoms. The first-order chi connectivity index (χ1) is 14.0. The Kier molecular flexibility index (Phi) is 5.62. The summed E-state index contributed by atoms with van der Waals surface area (Å²) in [5, 5.41) is 2.97. The van der Waals surface area contributed by atoms with Gasteiger partial charge in [-0.3, -0.25) is 9.69 Å². The van der Waals surface area contributed by atoms with E-state index in [1.807, 2.05) is 18.2 Å². The van der Waals surface area contributed by atoms with E-state index in [2.05, 4.69) is 22.1 Å². The van der Waals surface area contributed by atoms with Crippen molar-refractivity contribution in [2.45, 2.75) is 19.4 Å². The molecule has 3 N–H and O–H groups in total. The summed E-state index contributed by atoms with van der Waals surface area (Å²) in [5.74, 6) is 2.35. The molecule has 2 heterocycles. The molecule has 1 aliphatic heterocycles. The van der Waals surface area contributed by atoms with E-state index < -0.39 is 0 Å². The van der Waals surface area contributed by atoms with E-state index in [1.165, 1.54) is 23.8 Å². The van der Waals surface area contributed by atoms with Gasteiger partial charge in [0.05, 0.1) is 0 Å². The van der Waals surface area contributed by atoms with Gasteiger partial charge in [-0.1, -0.05) is 12.1 Å². The largest absolute Gasteiger partial charge is 0.384 e. The van der Waals surface area contributed by atoms with Gasteiger partial charge in [0, 0.05) is 37.9 Å². The Bertz CT molecular complexity index is 869. The van der Waals surface area contributed by atoms with Crippen molar-refractivity contribution in [2.24, 2.45) is 17.8 Å². The number of fused-ring (bicyclic) bond motifs is 1. The number of amides is 1. The summed E-state index contributed by atoms with van der Waals surface area (Å²) < 4.78 is 13.1. The van der Waals surface area contributed by atoms with Crippen molar-refractivity contribution in [3.05, 3.63) is 65.6 Å². The third-order valence-corrected chi connectivity index (χ3v) is 6.31. The molecular weight excluding hydrogens is 367 g/mol. The summed E-state index contributed by atoms with van der Waals surface area (Å²) in [4.78, 5) is 18.5. The molecule has 1 saturated carbocycles. The zero-order valence-electron chi connectivity index (χ0n) is 16.6. The second kappa shape index (κ2) is 8.33. The topological polar surface area (TPSA) is 71.2 Å². The van der Waals surface area contributed by atoms with E-state index in [9.17, 15) is 9.18 Å². The highest BCUT2D eigenvalue weighted by Crippen LogP contribution is 2.54. The van der Waals surface area contributed by atoms with Gasteiger partial charge < -0.3 is 11.1 Å². The van der Waals surface area contributed by atoms with Crippen LogP contribution in [-0.2, 0) is 4.79 Å². The number of nitrogens with zero attached hydrogens (tertiary/aromatic N) is 2. The van der Waals surface area contributed by atoms with E-state index >= 15 is 0 Å². The number of carbonyl (C=O) groups excluding carboxylic acids is 1. The normalized spacial score (nSPS) is 24.4. The molecule has 0 bridgehead atoms. The molecule has 3 atom stereocenters. The van der Waals surface area contributed by atoms with Crippen LogP contribution in [0, 0.1) is 23.6 Å². The number of piperidine rings is 1. The maximum Gasteiger partial charge on any atom is 0.244 e. The number of nitrogens with one attached hydrogen (secondary N) is 1. The Morgan fingerprint density at radius 2 is 2.00 bits per heavy atom. The summed E-state index contributed by atoms with van der Waals surface area (Å²) in [6, 6.07) is 10.7. The lowest BCUT2D eigenvalue weighted by Crippen LogP contribution is -2.29. The number of likely N-dealkylation sites (tertiary alicyclic amines) is 1. The summed E-state index contributed by atoms with van der Waals surface area (Å²) in [5.41, 5.74) is 7.56. The maximum absolute atomic E-state index is 13.1. The molecule has 4 rings (SSSR count). The smallest absolute Gasteiger partial charge is 0.244 e. The number of aromatic nitrogens is 1. The molecule has 1 saturated heterocycles. The number of nitrogens with two attached hydrogens (primary N) is 1. The highest BCUT2D eigenvalue weighted by atomic mass is 19.1. The van der Waals surface area contributed by atoms with Crippen molar-refractivity contribution >= 4 is 17.8 Å². The van der Waals surface area contributed by atoms with Crippen LogP contribution in [0.15, 0.2) is 48.7 Å². The highest BCUT2D eigenvalue weighted by molar-refractivity contribution is 5.91. The van der Waals surface area contributed by atoms with Crippen LogP contribution in [0.4, 0.5) is 10.2 Å². The van der Waals surface area contributed by atoms with Gasteiger partial charge in [0.1, 0.15) is 11.6 Å². The Morgan fingerprint density at radius 1 is 1.28 bits per heavy atom. The summed E-state index contributed by atoms with van der Waals surface area (Å²) in [7, 11) is 0. The minimum atomic E-state index is -0.188. The molecule has 0 radical (unpaired) electrons. The Hall–Kier alpha value is -2.73. The van der Waals surface area contributed by atoms with E-state index in [4.69, 9.17) is 5.73 Å². The Labute approximate surface area is 170 Å². The second-order valence-corrected chi connectivity index (χ2v) is 8.10. The highest BCUT2D eigenvalue weighted by Gasteiger charge is 2.55. The molecule has 2 aliphatic rings. The first kappa shape index (κ1) is 19.6. The van der Waals surface area contributed by atoms with Crippen LogP contribution in [0.5, 0.6) is 0 Å². The minimum absolute atomic E-state index is 0.0841. The molecule has 2 fully saturated rings. The van der Waals surface area contributed by atoms with Gasteiger partial charge in [-0.15, -0.1) is 0 Å². The number of hydrogen-bond acceptors (Lipinski definition) is 4. The average molecular weight is 394 g/mol. The standard InChI is InChI=1S/C23H27FN4O/c1-15(17-4-6-18(24)7-5-17)28-13-20-19(21(20)14-28)10-11-26-23(29)9-3-16-2-8-22(25)27-12-16/h2-9,12,15,19-21H,10-11,13-14H2,1H3,(H2,25,27)(H,26,29)/b9-3+. The lowest BCUT2D eigenvalue weighted by Gasteiger charge is -2.27. The first-order valence-electron chi connectivity index (χ1n) is 10.2. The zero-order valence-corrected chi connectivity index (χ0v) is 16.6. The minimum Gasteiger partial charge on any atom is -0.384 e. The Balaban J connectivity index is 1.17. The summed E-state index contributed by atoms with van der Waals surface area (Å²) in [6.07, 6.45) is 5.94. The van der Waals surface area contributed by atoms with E-state index in [0.717, 1.165) is 36.9 Å².